The van der Waals surface area contributed by atoms with Crippen molar-refractivity contribution in [1.82, 2.24) is 14.7 Å². The zero-order chi connectivity index (χ0) is 14.6. The highest BCUT2D eigenvalue weighted by Crippen LogP contribution is 2.24. The van der Waals surface area contributed by atoms with Crippen LogP contribution in [0.1, 0.15) is 18.3 Å². The van der Waals surface area contributed by atoms with Crippen LogP contribution in [0.15, 0.2) is 4.47 Å². The molecule has 0 saturated carbocycles. The van der Waals surface area contributed by atoms with Crippen molar-refractivity contribution in [2.24, 2.45) is 0 Å². The number of aryl methyl sites for hydroxylation is 2. The Morgan fingerprint density at radius 3 is 2.47 bits per heavy atom. The van der Waals surface area contributed by atoms with Gasteiger partial charge < -0.3 is 0 Å². The largest absolute Gasteiger partial charge is 0.401 e. The number of aromatic nitrogens is 2. The molecular weight excluding hydrogens is 391 g/mol. The van der Waals surface area contributed by atoms with Gasteiger partial charge in [-0.25, -0.2) is 0 Å². The van der Waals surface area contributed by atoms with Crippen LogP contribution in [0.4, 0.5) is 13.2 Å². The fourth-order valence-corrected chi connectivity index (χ4v) is 2.73. The van der Waals surface area contributed by atoms with Crippen molar-refractivity contribution in [1.29, 1.82) is 0 Å². The minimum atomic E-state index is -4.19. The number of nitrogens with zero attached hydrogens (tertiary/aromatic N) is 3. The Bertz CT molecular complexity index is 418. The van der Waals surface area contributed by atoms with E-state index in [1.165, 1.54) is 4.90 Å². The standard InChI is InChI=1S/C11H16Br2F3N3/c1-3-19-9(10(13)8(2)17-19)6-18(5-4-12)7-11(14,15)16/h3-7H2,1-2H3. The fourth-order valence-electron chi connectivity index (χ4n) is 1.82. The molecular formula is C11H16Br2F3N3. The van der Waals surface area contributed by atoms with Crippen molar-refractivity contribution in [2.75, 3.05) is 18.4 Å². The third-order valence-corrected chi connectivity index (χ3v) is 4.02. The summed E-state index contributed by atoms with van der Waals surface area (Å²) in [6.07, 6.45) is -4.19. The first-order chi connectivity index (χ1) is 8.78. The average molecular weight is 407 g/mol. The van der Waals surface area contributed by atoms with Gasteiger partial charge in [0.25, 0.3) is 0 Å². The molecule has 0 saturated heterocycles. The second kappa shape index (κ2) is 7.08. The summed E-state index contributed by atoms with van der Waals surface area (Å²) in [6.45, 7) is 4.02. The van der Waals surface area contributed by atoms with E-state index in [9.17, 15) is 13.2 Å². The minimum absolute atomic E-state index is 0.223. The summed E-state index contributed by atoms with van der Waals surface area (Å²) in [6, 6.07) is 0. The van der Waals surface area contributed by atoms with E-state index in [2.05, 4.69) is 37.0 Å². The Labute approximate surface area is 127 Å². The van der Waals surface area contributed by atoms with E-state index in [0.717, 1.165) is 15.9 Å². The SMILES string of the molecule is CCn1nc(C)c(Br)c1CN(CCBr)CC(F)(F)F. The van der Waals surface area contributed by atoms with Gasteiger partial charge in [0, 0.05) is 25.0 Å². The normalized spacial score (nSPS) is 12.4. The van der Waals surface area contributed by atoms with Crippen LogP contribution in [0.5, 0.6) is 0 Å². The lowest BCUT2D eigenvalue weighted by atomic mass is 10.3. The molecule has 110 valence electrons. The van der Waals surface area contributed by atoms with Gasteiger partial charge in [-0.3, -0.25) is 9.58 Å². The maximum absolute atomic E-state index is 12.5. The molecule has 1 heterocycles. The lowest BCUT2D eigenvalue weighted by molar-refractivity contribution is -0.146. The molecule has 0 unspecified atom stereocenters. The molecule has 0 amide bonds. The molecule has 0 fully saturated rings. The van der Waals surface area contributed by atoms with Crippen LogP contribution in [-0.4, -0.2) is 39.3 Å². The van der Waals surface area contributed by atoms with Crippen molar-refractivity contribution < 1.29 is 13.2 Å². The fraction of sp³-hybridized carbons (Fsp3) is 0.727. The van der Waals surface area contributed by atoms with Crippen molar-refractivity contribution >= 4 is 31.9 Å². The molecule has 8 heteroatoms. The van der Waals surface area contributed by atoms with Crippen molar-refractivity contribution in [2.45, 2.75) is 33.1 Å². The second-order valence-corrected chi connectivity index (χ2v) is 5.76. The summed E-state index contributed by atoms with van der Waals surface area (Å²) in [7, 11) is 0. The molecule has 3 nitrogen and oxygen atoms in total. The van der Waals surface area contributed by atoms with E-state index in [1.807, 2.05) is 13.8 Å². The molecule has 19 heavy (non-hydrogen) atoms. The van der Waals surface area contributed by atoms with Gasteiger partial charge in [0.05, 0.1) is 22.4 Å². The zero-order valence-corrected chi connectivity index (χ0v) is 13.9. The number of hydrogen-bond acceptors (Lipinski definition) is 2. The van der Waals surface area contributed by atoms with Crippen molar-refractivity contribution in [3.8, 4) is 0 Å². The minimum Gasteiger partial charge on any atom is -0.288 e. The average Bonchev–Trinajstić information content (AvgIpc) is 2.55. The molecule has 0 atom stereocenters. The van der Waals surface area contributed by atoms with Crippen LogP contribution in [0.3, 0.4) is 0 Å². The predicted octanol–water partition coefficient (Wildman–Crippen LogP) is 3.73. The lowest BCUT2D eigenvalue weighted by Gasteiger charge is -2.23. The third-order valence-electron chi connectivity index (χ3n) is 2.63. The van der Waals surface area contributed by atoms with Gasteiger partial charge in [-0.05, 0) is 29.8 Å². The Morgan fingerprint density at radius 2 is 2.00 bits per heavy atom. The first-order valence-electron chi connectivity index (χ1n) is 5.85. The molecule has 0 bridgehead atoms. The highest BCUT2D eigenvalue weighted by atomic mass is 79.9. The van der Waals surface area contributed by atoms with Crippen molar-refractivity contribution in [3.63, 3.8) is 0 Å². The van der Waals surface area contributed by atoms with E-state index >= 15 is 0 Å². The topological polar surface area (TPSA) is 21.1 Å². The molecule has 0 N–H and O–H groups in total. The quantitative estimate of drug-likeness (QED) is 0.671. The summed E-state index contributed by atoms with van der Waals surface area (Å²) in [4.78, 5) is 1.36. The Balaban J connectivity index is 2.90. The second-order valence-electron chi connectivity index (χ2n) is 4.18. The molecule has 1 rings (SSSR count). The van der Waals surface area contributed by atoms with Gasteiger partial charge in [-0.1, -0.05) is 15.9 Å². The highest BCUT2D eigenvalue weighted by molar-refractivity contribution is 9.10. The first-order valence-corrected chi connectivity index (χ1v) is 7.76. The van der Waals surface area contributed by atoms with Crippen molar-refractivity contribution in [3.05, 3.63) is 15.9 Å². The van der Waals surface area contributed by atoms with Gasteiger partial charge in [-0.2, -0.15) is 18.3 Å². The van der Waals surface area contributed by atoms with Gasteiger partial charge in [-0.15, -0.1) is 0 Å². The molecule has 0 aliphatic rings. The molecule has 1 aromatic rings. The molecule has 0 spiro atoms. The summed E-state index contributed by atoms with van der Waals surface area (Å²) < 4.78 is 40.1. The Morgan fingerprint density at radius 1 is 1.37 bits per heavy atom. The number of rotatable bonds is 6. The van der Waals surface area contributed by atoms with Crippen LogP contribution in [-0.2, 0) is 13.1 Å². The Kier molecular flexibility index (Phi) is 6.32. The highest BCUT2D eigenvalue weighted by Gasteiger charge is 2.31. The smallest absolute Gasteiger partial charge is 0.288 e. The molecule has 0 radical (unpaired) electrons. The predicted molar refractivity (Wildman–Crippen MR) is 75.5 cm³/mol. The van der Waals surface area contributed by atoms with E-state index in [4.69, 9.17) is 0 Å². The van der Waals surface area contributed by atoms with Gasteiger partial charge in [0.2, 0.25) is 0 Å². The van der Waals surface area contributed by atoms with Crippen LogP contribution in [0, 0.1) is 6.92 Å². The zero-order valence-electron chi connectivity index (χ0n) is 10.8. The van der Waals surface area contributed by atoms with Gasteiger partial charge in [0.1, 0.15) is 0 Å². The maximum atomic E-state index is 12.5. The van der Waals surface area contributed by atoms with Crippen LogP contribution in [0.25, 0.3) is 0 Å². The van der Waals surface area contributed by atoms with E-state index in [-0.39, 0.29) is 6.54 Å². The van der Waals surface area contributed by atoms with Crippen LogP contribution in [0.2, 0.25) is 0 Å². The number of alkyl halides is 4. The summed E-state index contributed by atoms with van der Waals surface area (Å²) in [5.41, 5.74) is 1.58. The maximum Gasteiger partial charge on any atom is 0.401 e. The van der Waals surface area contributed by atoms with Gasteiger partial charge >= 0.3 is 6.18 Å². The van der Waals surface area contributed by atoms with E-state index in [0.29, 0.717) is 18.4 Å². The number of halogens is 5. The summed E-state index contributed by atoms with van der Waals surface area (Å²) >= 11 is 6.59. The lowest BCUT2D eigenvalue weighted by Crippen LogP contribution is -2.35. The molecule has 0 aliphatic heterocycles. The third kappa shape index (κ3) is 5.07. The Hall–Kier alpha value is -0.0800. The van der Waals surface area contributed by atoms with E-state index in [1.54, 1.807) is 4.68 Å². The monoisotopic (exact) mass is 405 g/mol. The van der Waals surface area contributed by atoms with Gasteiger partial charge in [0.15, 0.2) is 0 Å². The molecule has 0 aromatic carbocycles. The summed E-state index contributed by atoms with van der Waals surface area (Å²) in [5, 5.41) is 4.79. The van der Waals surface area contributed by atoms with Crippen LogP contribution >= 0.6 is 31.9 Å². The van der Waals surface area contributed by atoms with E-state index < -0.39 is 12.7 Å². The first kappa shape index (κ1) is 17.0. The molecule has 1 aromatic heterocycles. The van der Waals surface area contributed by atoms with Crippen LogP contribution < -0.4 is 0 Å². The molecule has 0 aliphatic carbocycles. The summed E-state index contributed by atoms with van der Waals surface area (Å²) in [5.74, 6) is 0. The number of hydrogen-bond donors (Lipinski definition) is 0.